The van der Waals surface area contributed by atoms with Gasteiger partial charge >= 0.3 is 5.97 Å². The van der Waals surface area contributed by atoms with Crippen molar-refractivity contribution in [1.29, 1.82) is 0 Å². The molecule has 0 bridgehead atoms. The summed E-state index contributed by atoms with van der Waals surface area (Å²) in [5.41, 5.74) is 2.54. The first kappa shape index (κ1) is 23.2. The third-order valence-corrected chi connectivity index (χ3v) is 7.80. The molecule has 3 aromatic rings. The summed E-state index contributed by atoms with van der Waals surface area (Å²) in [4.78, 5) is 35.4. The van der Waals surface area contributed by atoms with Gasteiger partial charge in [0, 0.05) is 11.9 Å². The summed E-state index contributed by atoms with van der Waals surface area (Å²) >= 11 is 2.80. The van der Waals surface area contributed by atoms with Gasteiger partial charge in [-0.25, -0.2) is 14.2 Å². The summed E-state index contributed by atoms with van der Waals surface area (Å²) in [6, 6.07) is 20.4. The second kappa shape index (κ2) is 9.59. The molecule has 9 heteroatoms. The van der Waals surface area contributed by atoms with Crippen molar-refractivity contribution in [1.82, 2.24) is 0 Å². The van der Waals surface area contributed by atoms with Crippen molar-refractivity contribution >= 4 is 57.6 Å². The van der Waals surface area contributed by atoms with Crippen LogP contribution in [0.5, 0.6) is 0 Å². The number of para-hydroxylation sites is 1. The summed E-state index contributed by atoms with van der Waals surface area (Å²) in [6.45, 7) is 2.04. The van der Waals surface area contributed by atoms with Crippen molar-refractivity contribution < 1.29 is 18.7 Å². The van der Waals surface area contributed by atoms with Gasteiger partial charge in [0.05, 0.1) is 34.3 Å². The van der Waals surface area contributed by atoms with E-state index in [-0.39, 0.29) is 11.7 Å². The van der Waals surface area contributed by atoms with Crippen LogP contribution in [-0.4, -0.2) is 30.7 Å². The third-order valence-electron chi connectivity index (χ3n) is 5.40. The number of benzene rings is 3. The summed E-state index contributed by atoms with van der Waals surface area (Å²) in [7, 11) is 1.93. The van der Waals surface area contributed by atoms with Crippen molar-refractivity contribution in [3.8, 4) is 0 Å². The number of esters is 1. The number of rotatable bonds is 4. The molecule has 1 saturated heterocycles. The lowest BCUT2D eigenvalue weighted by molar-refractivity contribution is -0.113. The van der Waals surface area contributed by atoms with Gasteiger partial charge in [-0.1, -0.05) is 23.9 Å². The van der Waals surface area contributed by atoms with Crippen LogP contribution in [0.2, 0.25) is 0 Å². The molecule has 6 nitrogen and oxygen atoms in total. The van der Waals surface area contributed by atoms with Crippen LogP contribution in [0, 0.1) is 5.82 Å². The van der Waals surface area contributed by atoms with E-state index in [9.17, 15) is 14.0 Å². The number of hydrogen-bond donors (Lipinski definition) is 0. The predicted molar refractivity (Wildman–Crippen MR) is 139 cm³/mol. The molecule has 0 spiro atoms. The number of anilines is 2. The van der Waals surface area contributed by atoms with Crippen molar-refractivity contribution in [3.05, 3.63) is 94.1 Å². The van der Waals surface area contributed by atoms with Crippen LogP contribution in [0.25, 0.3) is 0 Å². The molecular weight excluding hydrogens is 485 g/mol. The highest BCUT2D eigenvalue weighted by atomic mass is 32.2. The largest absolute Gasteiger partial charge is 0.462 e. The number of carbonyl (C=O) groups excluding carboxylic acids is 2. The van der Waals surface area contributed by atoms with E-state index in [0.29, 0.717) is 33.6 Å². The lowest BCUT2D eigenvalue weighted by atomic mass is 10.2. The number of nitrogens with zero attached hydrogens (tertiary/aromatic N) is 3. The van der Waals surface area contributed by atoms with E-state index in [1.165, 1.54) is 40.6 Å². The number of aliphatic imine (C=N–C) groups is 1. The fourth-order valence-electron chi connectivity index (χ4n) is 3.69. The van der Waals surface area contributed by atoms with Gasteiger partial charge in [0.15, 0.2) is 5.17 Å². The van der Waals surface area contributed by atoms with Gasteiger partial charge in [-0.2, -0.15) is 0 Å². The number of amides is 1. The average molecular weight is 506 g/mol. The fourth-order valence-corrected chi connectivity index (χ4v) is 6.04. The van der Waals surface area contributed by atoms with Gasteiger partial charge in [0.25, 0.3) is 5.91 Å². The molecule has 0 N–H and O–H groups in total. The number of thioether (sulfide) groups is 2. The second-order valence-electron chi connectivity index (χ2n) is 7.64. The average Bonchev–Trinajstić information content (AvgIpc) is 3.36. The Labute approximate surface area is 210 Å². The summed E-state index contributed by atoms with van der Waals surface area (Å²) in [5.74, 6) is -1.02. The van der Waals surface area contributed by atoms with Crippen molar-refractivity contribution in [2.45, 2.75) is 11.8 Å². The van der Waals surface area contributed by atoms with Crippen molar-refractivity contribution in [3.63, 3.8) is 0 Å². The zero-order chi connectivity index (χ0) is 24.5. The molecule has 0 aromatic heterocycles. The number of amidine groups is 1. The topological polar surface area (TPSA) is 62.2 Å². The lowest BCUT2D eigenvalue weighted by Crippen LogP contribution is -2.29. The molecule has 176 valence electrons. The molecule has 2 aliphatic heterocycles. The number of carbonyl (C=O) groups is 2. The minimum atomic E-state index is -0.405. The fraction of sp³-hybridized carbons (Fsp3) is 0.115. The predicted octanol–water partition coefficient (Wildman–Crippen LogP) is 6.18. The SMILES string of the molecule is CCOC(=O)c1ccc(N=C2S/C(=C3\Sc4ccccc4N3C)C(=O)N2c2ccc(F)cc2)cc1. The van der Waals surface area contributed by atoms with Gasteiger partial charge in [0.1, 0.15) is 10.7 Å². The summed E-state index contributed by atoms with van der Waals surface area (Å²) in [6.07, 6.45) is 0. The van der Waals surface area contributed by atoms with Crippen LogP contribution >= 0.6 is 23.5 Å². The molecule has 0 radical (unpaired) electrons. The van der Waals surface area contributed by atoms with E-state index in [1.807, 2.05) is 36.2 Å². The van der Waals surface area contributed by atoms with E-state index >= 15 is 0 Å². The normalized spacial score (nSPS) is 18.4. The Kier molecular flexibility index (Phi) is 6.36. The Morgan fingerprint density at radius 1 is 1.00 bits per heavy atom. The highest BCUT2D eigenvalue weighted by molar-refractivity contribution is 8.20. The van der Waals surface area contributed by atoms with E-state index in [0.717, 1.165) is 15.6 Å². The molecule has 2 heterocycles. The van der Waals surface area contributed by atoms with Gasteiger partial charge in [-0.15, -0.1) is 0 Å². The van der Waals surface area contributed by atoms with Crippen LogP contribution < -0.4 is 9.80 Å². The Bertz CT molecular complexity index is 1370. The van der Waals surface area contributed by atoms with E-state index in [4.69, 9.17) is 9.73 Å². The molecule has 0 saturated carbocycles. The number of hydrogen-bond acceptors (Lipinski definition) is 7. The van der Waals surface area contributed by atoms with Gasteiger partial charge < -0.3 is 9.64 Å². The van der Waals surface area contributed by atoms with Gasteiger partial charge in [-0.05, 0) is 79.3 Å². The molecule has 2 aliphatic rings. The van der Waals surface area contributed by atoms with Crippen LogP contribution in [0.15, 0.2) is 92.6 Å². The van der Waals surface area contributed by atoms with Crippen LogP contribution in [0.4, 0.5) is 21.5 Å². The first-order chi connectivity index (χ1) is 17.0. The highest BCUT2D eigenvalue weighted by Gasteiger charge is 2.40. The zero-order valence-electron chi connectivity index (χ0n) is 18.9. The number of halogens is 1. The maximum atomic E-state index is 13.7. The molecule has 0 aliphatic carbocycles. The third kappa shape index (κ3) is 4.44. The monoisotopic (exact) mass is 505 g/mol. The molecule has 0 unspecified atom stereocenters. The minimum absolute atomic E-state index is 0.231. The first-order valence-corrected chi connectivity index (χ1v) is 12.5. The highest BCUT2D eigenvalue weighted by Crippen LogP contribution is 2.50. The van der Waals surface area contributed by atoms with Crippen LogP contribution in [0.3, 0.4) is 0 Å². The zero-order valence-corrected chi connectivity index (χ0v) is 20.5. The molecule has 0 atom stereocenters. The van der Waals surface area contributed by atoms with Crippen molar-refractivity contribution in [2.75, 3.05) is 23.5 Å². The molecule has 1 amide bonds. The van der Waals surface area contributed by atoms with Gasteiger partial charge in [0.2, 0.25) is 0 Å². The quantitative estimate of drug-likeness (QED) is 0.312. The number of fused-ring (bicyclic) bond motifs is 1. The molecule has 35 heavy (non-hydrogen) atoms. The Morgan fingerprint density at radius 3 is 2.40 bits per heavy atom. The lowest BCUT2D eigenvalue weighted by Gasteiger charge is -2.16. The van der Waals surface area contributed by atoms with E-state index < -0.39 is 5.97 Å². The Morgan fingerprint density at radius 2 is 1.71 bits per heavy atom. The maximum Gasteiger partial charge on any atom is 0.338 e. The van der Waals surface area contributed by atoms with E-state index in [1.54, 1.807) is 43.3 Å². The molecule has 3 aromatic carbocycles. The Balaban J connectivity index is 1.54. The minimum Gasteiger partial charge on any atom is -0.462 e. The van der Waals surface area contributed by atoms with E-state index in [2.05, 4.69) is 0 Å². The Hall–Kier alpha value is -3.56. The smallest absolute Gasteiger partial charge is 0.338 e. The molecule has 5 rings (SSSR count). The summed E-state index contributed by atoms with van der Waals surface area (Å²) in [5, 5.41) is 1.26. The van der Waals surface area contributed by atoms with Crippen molar-refractivity contribution in [2.24, 2.45) is 4.99 Å². The molecular formula is C26H20FN3O3S2. The van der Waals surface area contributed by atoms with Gasteiger partial charge in [-0.3, -0.25) is 9.69 Å². The second-order valence-corrected chi connectivity index (χ2v) is 9.65. The summed E-state index contributed by atoms with van der Waals surface area (Å²) < 4.78 is 18.6. The maximum absolute atomic E-state index is 13.7. The molecule has 1 fully saturated rings. The van der Waals surface area contributed by atoms with Crippen LogP contribution in [-0.2, 0) is 9.53 Å². The number of ether oxygens (including phenoxy) is 1. The standard InChI is InChI=1S/C26H20FN3O3S2/c1-3-33-25(32)16-8-12-18(13-9-16)28-26-30(19-14-10-17(27)11-15-19)23(31)22(35-26)24-29(2)20-6-4-5-7-21(20)34-24/h4-15H,3H2,1-2H3/b24-22-,28-26?. The first-order valence-electron chi connectivity index (χ1n) is 10.8. The van der Waals surface area contributed by atoms with Crippen LogP contribution in [0.1, 0.15) is 17.3 Å².